The predicted molar refractivity (Wildman–Crippen MR) is 103 cm³/mol. The Morgan fingerprint density at radius 3 is 2.73 bits per heavy atom. The van der Waals surface area contributed by atoms with E-state index in [1.54, 1.807) is 6.07 Å². The van der Waals surface area contributed by atoms with Crippen LogP contribution in [0.1, 0.15) is 6.42 Å². The first-order valence-electron chi connectivity index (χ1n) is 7.64. The topological polar surface area (TPSA) is 101 Å². The molecule has 0 radical (unpaired) electrons. The lowest BCUT2D eigenvalue weighted by molar-refractivity contribution is -0.121. The number of carbonyl (C=O) groups is 1. The van der Waals surface area contributed by atoms with Crippen molar-refractivity contribution in [3.05, 3.63) is 58.4 Å². The van der Waals surface area contributed by atoms with Crippen LogP contribution < -0.4 is 21.9 Å². The maximum atomic E-state index is 11.9. The zero-order valence-corrected chi connectivity index (χ0v) is 15.1. The van der Waals surface area contributed by atoms with Gasteiger partial charge in [-0.2, -0.15) is 4.68 Å². The van der Waals surface area contributed by atoms with Gasteiger partial charge in [-0.25, -0.2) is 4.79 Å². The third-order valence-electron chi connectivity index (χ3n) is 3.24. The summed E-state index contributed by atoms with van der Waals surface area (Å²) in [7, 11) is 0. The third-order valence-corrected chi connectivity index (χ3v) is 4.30. The van der Waals surface area contributed by atoms with Crippen molar-refractivity contribution in [3.63, 3.8) is 0 Å². The first-order chi connectivity index (χ1) is 12.6. The summed E-state index contributed by atoms with van der Waals surface area (Å²) in [6.45, 7) is 0.0973. The highest BCUT2D eigenvalue weighted by molar-refractivity contribution is 7.80. The SMILES string of the molecule is O=C(CCn1nc(-c2cccs2)oc1=O)NNC(=S)Nc1ccccc1. The minimum atomic E-state index is -0.601. The highest BCUT2D eigenvalue weighted by atomic mass is 32.1. The van der Waals surface area contributed by atoms with Crippen LogP contribution in [0.2, 0.25) is 0 Å². The van der Waals surface area contributed by atoms with Gasteiger partial charge in [0.15, 0.2) is 5.11 Å². The zero-order chi connectivity index (χ0) is 18.4. The van der Waals surface area contributed by atoms with Gasteiger partial charge in [-0.3, -0.25) is 15.6 Å². The molecule has 3 rings (SSSR count). The van der Waals surface area contributed by atoms with Gasteiger partial charge in [-0.1, -0.05) is 24.3 Å². The maximum absolute atomic E-state index is 11.9. The molecule has 0 saturated carbocycles. The van der Waals surface area contributed by atoms with Crippen LogP contribution in [0.25, 0.3) is 10.8 Å². The van der Waals surface area contributed by atoms with Gasteiger partial charge in [0.25, 0.3) is 5.89 Å². The number of aromatic nitrogens is 2. The van der Waals surface area contributed by atoms with Gasteiger partial charge in [-0.05, 0) is 35.8 Å². The van der Waals surface area contributed by atoms with Crippen LogP contribution in [-0.2, 0) is 11.3 Å². The van der Waals surface area contributed by atoms with Crippen LogP contribution in [0.15, 0.2) is 57.1 Å². The van der Waals surface area contributed by atoms with Crippen molar-refractivity contribution in [2.75, 3.05) is 5.32 Å². The van der Waals surface area contributed by atoms with Crippen LogP contribution in [0.3, 0.4) is 0 Å². The van der Waals surface area contributed by atoms with Crippen molar-refractivity contribution in [1.82, 2.24) is 20.6 Å². The van der Waals surface area contributed by atoms with E-state index < -0.39 is 5.76 Å². The van der Waals surface area contributed by atoms with E-state index in [1.807, 2.05) is 41.8 Å². The molecule has 1 aromatic carbocycles. The molecule has 0 aliphatic rings. The van der Waals surface area contributed by atoms with Crippen LogP contribution in [0.5, 0.6) is 0 Å². The fourth-order valence-corrected chi connectivity index (χ4v) is 2.84. The number of para-hydroxylation sites is 1. The second kappa shape index (κ2) is 8.41. The Kier molecular flexibility index (Phi) is 5.77. The molecule has 10 heteroatoms. The molecule has 26 heavy (non-hydrogen) atoms. The third kappa shape index (κ3) is 4.77. The second-order valence-corrected chi connectivity index (χ2v) is 6.47. The van der Waals surface area contributed by atoms with Gasteiger partial charge in [0.05, 0.1) is 11.4 Å². The molecule has 3 N–H and O–H groups in total. The Morgan fingerprint density at radius 2 is 2.00 bits per heavy atom. The number of hydrazine groups is 1. The van der Waals surface area contributed by atoms with Gasteiger partial charge >= 0.3 is 5.76 Å². The van der Waals surface area contributed by atoms with E-state index in [0.717, 1.165) is 15.2 Å². The molecule has 0 atom stereocenters. The fourth-order valence-electron chi connectivity index (χ4n) is 2.03. The number of aryl methyl sites for hydroxylation is 1. The van der Waals surface area contributed by atoms with E-state index in [2.05, 4.69) is 21.3 Å². The number of benzene rings is 1. The van der Waals surface area contributed by atoms with Crippen LogP contribution in [-0.4, -0.2) is 20.8 Å². The average molecular weight is 389 g/mol. The van der Waals surface area contributed by atoms with Crippen LogP contribution in [0.4, 0.5) is 5.69 Å². The first-order valence-corrected chi connectivity index (χ1v) is 8.93. The Balaban J connectivity index is 1.46. The first kappa shape index (κ1) is 17.8. The van der Waals surface area contributed by atoms with Gasteiger partial charge in [0.1, 0.15) is 0 Å². The number of hydrogen-bond acceptors (Lipinski definition) is 6. The summed E-state index contributed by atoms with van der Waals surface area (Å²) < 4.78 is 6.20. The van der Waals surface area contributed by atoms with Gasteiger partial charge in [0, 0.05) is 12.1 Å². The molecule has 0 spiro atoms. The summed E-state index contributed by atoms with van der Waals surface area (Å²) in [6.07, 6.45) is 0.0390. The molecular weight excluding hydrogens is 374 g/mol. The van der Waals surface area contributed by atoms with E-state index in [1.165, 1.54) is 11.3 Å². The molecule has 0 aliphatic heterocycles. The van der Waals surface area contributed by atoms with Gasteiger partial charge in [0.2, 0.25) is 5.91 Å². The number of amides is 1. The normalized spacial score (nSPS) is 10.3. The summed E-state index contributed by atoms with van der Waals surface area (Å²) >= 11 is 6.50. The summed E-state index contributed by atoms with van der Waals surface area (Å²) in [6, 6.07) is 12.9. The summed E-state index contributed by atoms with van der Waals surface area (Å²) in [5.41, 5.74) is 5.86. The molecule has 0 unspecified atom stereocenters. The molecule has 0 bridgehead atoms. The van der Waals surface area contributed by atoms with Crippen molar-refractivity contribution in [1.29, 1.82) is 0 Å². The van der Waals surface area contributed by atoms with E-state index in [0.29, 0.717) is 0 Å². The molecule has 1 amide bonds. The van der Waals surface area contributed by atoms with Crippen molar-refractivity contribution in [3.8, 4) is 10.8 Å². The smallest absolute Gasteiger partial charge is 0.387 e. The Labute approximate surface area is 157 Å². The average Bonchev–Trinajstić information content (AvgIpc) is 3.29. The molecule has 0 aliphatic carbocycles. The highest BCUT2D eigenvalue weighted by Crippen LogP contribution is 2.20. The molecular formula is C16H15N5O3S2. The molecule has 134 valence electrons. The van der Waals surface area contributed by atoms with E-state index >= 15 is 0 Å². The summed E-state index contributed by atoms with van der Waals surface area (Å²) in [5, 5.41) is 9.12. The molecule has 3 aromatic rings. The number of rotatable bonds is 5. The van der Waals surface area contributed by atoms with Gasteiger partial charge < -0.3 is 9.73 Å². The molecule has 2 aromatic heterocycles. The molecule has 0 fully saturated rings. The monoisotopic (exact) mass is 389 g/mol. The van der Waals surface area contributed by atoms with Crippen molar-refractivity contribution in [2.24, 2.45) is 0 Å². The quantitative estimate of drug-likeness (QED) is 0.453. The van der Waals surface area contributed by atoms with Crippen molar-refractivity contribution >= 4 is 40.3 Å². The number of thiocarbonyl (C=S) groups is 1. The Morgan fingerprint density at radius 1 is 1.19 bits per heavy atom. The minimum Gasteiger partial charge on any atom is -0.387 e. The lowest BCUT2D eigenvalue weighted by Crippen LogP contribution is -2.44. The second-order valence-electron chi connectivity index (χ2n) is 5.12. The predicted octanol–water partition coefficient (Wildman–Crippen LogP) is 1.97. The largest absolute Gasteiger partial charge is 0.437 e. The van der Waals surface area contributed by atoms with Crippen LogP contribution in [0, 0.1) is 0 Å². The van der Waals surface area contributed by atoms with Crippen LogP contribution >= 0.6 is 23.6 Å². The van der Waals surface area contributed by atoms with E-state index in [-0.39, 0.29) is 29.9 Å². The Bertz CT molecular complexity index is 934. The number of anilines is 1. The fraction of sp³-hybridized carbons (Fsp3) is 0.125. The number of hydrogen-bond donors (Lipinski definition) is 3. The lowest BCUT2D eigenvalue weighted by atomic mass is 10.3. The summed E-state index contributed by atoms with van der Waals surface area (Å²) in [4.78, 5) is 24.4. The maximum Gasteiger partial charge on any atom is 0.437 e. The molecule has 0 saturated heterocycles. The van der Waals surface area contributed by atoms with Crippen molar-refractivity contribution < 1.29 is 9.21 Å². The number of nitrogens with zero attached hydrogens (tertiary/aromatic N) is 2. The highest BCUT2D eigenvalue weighted by Gasteiger charge is 2.12. The van der Waals surface area contributed by atoms with E-state index in [4.69, 9.17) is 16.6 Å². The number of carbonyl (C=O) groups excluding carboxylic acids is 1. The van der Waals surface area contributed by atoms with E-state index in [9.17, 15) is 9.59 Å². The zero-order valence-electron chi connectivity index (χ0n) is 13.5. The molecule has 2 heterocycles. The lowest BCUT2D eigenvalue weighted by Gasteiger charge is -2.11. The minimum absolute atomic E-state index is 0.0390. The molecule has 8 nitrogen and oxygen atoms in total. The standard InChI is InChI=1S/C16H15N5O3S2/c22-13(18-19-15(25)17-11-5-2-1-3-6-11)8-9-21-16(23)24-14(20-21)12-7-4-10-26-12/h1-7,10H,8-9H2,(H,18,22)(H2,17,19,25). The van der Waals surface area contributed by atoms with Gasteiger partial charge in [-0.15, -0.1) is 16.4 Å². The Hall–Kier alpha value is -2.98. The number of nitrogens with one attached hydrogen (secondary N) is 3. The summed E-state index contributed by atoms with van der Waals surface area (Å²) in [5.74, 6) is -0.693. The van der Waals surface area contributed by atoms with Crippen molar-refractivity contribution in [2.45, 2.75) is 13.0 Å². The number of thiophene rings is 1.